The van der Waals surface area contributed by atoms with Crippen LogP contribution in [0, 0.1) is 11.6 Å². The van der Waals surface area contributed by atoms with Gasteiger partial charge in [-0.15, -0.1) is 0 Å². The number of hydrogen-bond acceptors (Lipinski definition) is 2. The lowest BCUT2D eigenvalue weighted by atomic mass is 10.1. The summed E-state index contributed by atoms with van der Waals surface area (Å²) in [6.07, 6.45) is 3.60. The zero-order valence-corrected chi connectivity index (χ0v) is 13.3. The van der Waals surface area contributed by atoms with Gasteiger partial charge in [0.25, 0.3) is 5.91 Å². The van der Waals surface area contributed by atoms with Gasteiger partial charge in [0.2, 0.25) is 6.10 Å². The fourth-order valence-corrected chi connectivity index (χ4v) is 2.13. The van der Waals surface area contributed by atoms with Gasteiger partial charge in [-0.2, -0.15) is 0 Å². The number of benzene rings is 2. The predicted molar refractivity (Wildman–Crippen MR) is 88.6 cm³/mol. The molecular weight excluding hydrogens is 312 g/mol. The Morgan fingerprint density at radius 3 is 2.58 bits per heavy atom. The van der Waals surface area contributed by atoms with E-state index >= 15 is 0 Å². The molecule has 0 heterocycles. The second-order valence-electron chi connectivity index (χ2n) is 5.13. The largest absolute Gasteiger partial charge is 0.476 e. The lowest BCUT2D eigenvalue weighted by Gasteiger charge is -2.19. The number of allylic oxidation sites excluding steroid dienone is 1. The minimum Gasteiger partial charge on any atom is -0.476 e. The lowest BCUT2D eigenvalue weighted by molar-refractivity contribution is -0.128. The molecule has 0 bridgehead atoms. The Labute approximate surface area is 140 Å². The number of amides is 1. The average molecular weight is 331 g/mol. The van der Waals surface area contributed by atoms with Crippen molar-refractivity contribution in [3.8, 4) is 5.75 Å². The lowest BCUT2D eigenvalue weighted by Crippen LogP contribution is -2.33. The molecule has 1 unspecified atom stereocenters. The van der Waals surface area contributed by atoms with Crippen molar-refractivity contribution < 1.29 is 18.3 Å². The molecule has 0 saturated carbocycles. The van der Waals surface area contributed by atoms with Crippen LogP contribution in [0.25, 0.3) is 0 Å². The molecule has 1 atom stereocenters. The van der Waals surface area contributed by atoms with Gasteiger partial charge >= 0.3 is 0 Å². The van der Waals surface area contributed by atoms with E-state index in [4.69, 9.17) is 4.74 Å². The minimum absolute atomic E-state index is 0.0892. The molecular formula is C19H19F2NO2. The first-order chi connectivity index (χ1) is 11.6. The highest BCUT2D eigenvalue weighted by molar-refractivity contribution is 5.82. The minimum atomic E-state index is -1.02. The third kappa shape index (κ3) is 4.91. The summed E-state index contributed by atoms with van der Waals surface area (Å²) in [5, 5.41) is 2.78. The smallest absolute Gasteiger partial charge is 0.265 e. The van der Waals surface area contributed by atoms with Crippen molar-refractivity contribution in [1.82, 2.24) is 5.32 Å². The highest BCUT2D eigenvalue weighted by Crippen LogP contribution is 2.24. The highest BCUT2D eigenvalue weighted by atomic mass is 19.2. The maximum atomic E-state index is 13.4. The van der Waals surface area contributed by atoms with Crippen molar-refractivity contribution in [2.75, 3.05) is 6.54 Å². The molecule has 0 fully saturated rings. The number of carbonyl (C=O) groups is 1. The number of nitrogens with one attached hydrogen (secondary N) is 1. The summed E-state index contributed by atoms with van der Waals surface area (Å²) in [4.78, 5) is 12.4. The molecule has 0 aliphatic rings. The molecule has 2 aromatic carbocycles. The Morgan fingerprint density at radius 1 is 1.17 bits per heavy atom. The van der Waals surface area contributed by atoms with Crippen LogP contribution in [0.2, 0.25) is 0 Å². The van der Waals surface area contributed by atoms with E-state index in [0.29, 0.717) is 18.5 Å². The third-order valence-corrected chi connectivity index (χ3v) is 3.33. The molecule has 1 amide bonds. The standard InChI is InChI=1S/C19H19F2NO2/c1-2-3-7-12-22-19(23)18(14-8-5-4-6-9-14)24-15-10-11-16(20)17(21)13-15/h2-6,8-11,13,18H,7,12H2,1H3,(H,22,23)/b3-2+. The van der Waals surface area contributed by atoms with Crippen LogP contribution in [0.5, 0.6) is 5.75 Å². The Balaban J connectivity index is 2.16. The molecule has 0 spiro atoms. The van der Waals surface area contributed by atoms with Gasteiger partial charge in [-0.3, -0.25) is 4.79 Å². The predicted octanol–water partition coefficient (Wildman–Crippen LogP) is 4.17. The van der Waals surface area contributed by atoms with E-state index in [2.05, 4.69) is 5.32 Å². The summed E-state index contributed by atoms with van der Waals surface area (Å²) in [5.41, 5.74) is 0.630. The quantitative estimate of drug-likeness (QED) is 0.611. The van der Waals surface area contributed by atoms with Gasteiger partial charge in [0.1, 0.15) is 5.75 Å². The fourth-order valence-electron chi connectivity index (χ4n) is 2.13. The van der Waals surface area contributed by atoms with E-state index in [1.165, 1.54) is 6.07 Å². The number of carbonyl (C=O) groups excluding carboxylic acids is 1. The normalized spacial score (nSPS) is 12.1. The molecule has 0 aliphatic carbocycles. The van der Waals surface area contributed by atoms with Crippen LogP contribution in [0.3, 0.4) is 0 Å². The fraction of sp³-hybridized carbons (Fsp3) is 0.211. The second kappa shape index (κ2) is 8.82. The number of halogens is 2. The maximum Gasteiger partial charge on any atom is 0.265 e. The molecule has 3 nitrogen and oxygen atoms in total. The summed E-state index contributed by atoms with van der Waals surface area (Å²) in [6.45, 7) is 2.37. The van der Waals surface area contributed by atoms with Crippen LogP contribution in [0.15, 0.2) is 60.7 Å². The van der Waals surface area contributed by atoms with Gasteiger partial charge in [0.15, 0.2) is 11.6 Å². The molecule has 2 aromatic rings. The molecule has 1 N–H and O–H groups in total. The molecule has 2 rings (SSSR count). The van der Waals surface area contributed by atoms with Crippen LogP contribution in [-0.2, 0) is 4.79 Å². The SMILES string of the molecule is C/C=C/CCNC(=O)C(Oc1ccc(F)c(F)c1)c1ccccc1. The summed E-state index contributed by atoms with van der Waals surface area (Å²) in [7, 11) is 0. The van der Waals surface area contributed by atoms with Crippen LogP contribution in [-0.4, -0.2) is 12.5 Å². The van der Waals surface area contributed by atoms with E-state index in [1.807, 2.05) is 25.1 Å². The van der Waals surface area contributed by atoms with Crippen molar-refractivity contribution >= 4 is 5.91 Å². The van der Waals surface area contributed by atoms with Crippen molar-refractivity contribution in [1.29, 1.82) is 0 Å². The molecule has 5 heteroatoms. The molecule has 0 radical (unpaired) electrons. The number of hydrogen-bond donors (Lipinski definition) is 1. The summed E-state index contributed by atoms with van der Waals surface area (Å²) < 4.78 is 32.0. The van der Waals surface area contributed by atoms with Gasteiger partial charge in [0.05, 0.1) is 0 Å². The van der Waals surface area contributed by atoms with Gasteiger partial charge in [-0.25, -0.2) is 8.78 Å². The van der Waals surface area contributed by atoms with Crippen molar-refractivity contribution in [2.45, 2.75) is 19.4 Å². The molecule has 126 valence electrons. The first-order valence-electron chi connectivity index (χ1n) is 7.67. The van der Waals surface area contributed by atoms with Crippen molar-refractivity contribution in [3.05, 3.63) is 77.9 Å². The van der Waals surface area contributed by atoms with Crippen LogP contribution in [0.4, 0.5) is 8.78 Å². The van der Waals surface area contributed by atoms with Crippen LogP contribution < -0.4 is 10.1 Å². The first kappa shape index (κ1) is 17.7. The Bertz CT molecular complexity index is 702. The third-order valence-electron chi connectivity index (χ3n) is 3.33. The number of rotatable bonds is 7. The van der Waals surface area contributed by atoms with Gasteiger partial charge in [-0.05, 0) is 25.5 Å². The zero-order chi connectivity index (χ0) is 17.4. The Kier molecular flexibility index (Phi) is 6.49. The van der Waals surface area contributed by atoms with E-state index < -0.39 is 17.7 Å². The van der Waals surface area contributed by atoms with E-state index in [-0.39, 0.29) is 11.7 Å². The second-order valence-corrected chi connectivity index (χ2v) is 5.13. The van der Waals surface area contributed by atoms with Gasteiger partial charge in [-0.1, -0.05) is 42.5 Å². The van der Waals surface area contributed by atoms with Gasteiger partial charge in [0, 0.05) is 18.2 Å². The monoisotopic (exact) mass is 331 g/mol. The van der Waals surface area contributed by atoms with Crippen LogP contribution >= 0.6 is 0 Å². The molecule has 0 saturated heterocycles. The number of ether oxygens (including phenoxy) is 1. The summed E-state index contributed by atoms with van der Waals surface area (Å²) >= 11 is 0. The summed E-state index contributed by atoms with van der Waals surface area (Å²) in [5.74, 6) is -2.23. The van der Waals surface area contributed by atoms with E-state index in [0.717, 1.165) is 12.1 Å². The Morgan fingerprint density at radius 2 is 1.92 bits per heavy atom. The van der Waals surface area contributed by atoms with Gasteiger partial charge < -0.3 is 10.1 Å². The molecule has 0 aliphatic heterocycles. The summed E-state index contributed by atoms with van der Waals surface area (Å²) in [6, 6.07) is 12.1. The average Bonchev–Trinajstić information content (AvgIpc) is 2.60. The first-order valence-corrected chi connectivity index (χ1v) is 7.67. The topological polar surface area (TPSA) is 38.3 Å². The zero-order valence-electron chi connectivity index (χ0n) is 13.3. The van der Waals surface area contributed by atoms with Crippen LogP contribution in [0.1, 0.15) is 25.0 Å². The van der Waals surface area contributed by atoms with Crippen molar-refractivity contribution in [3.63, 3.8) is 0 Å². The van der Waals surface area contributed by atoms with Crippen molar-refractivity contribution in [2.24, 2.45) is 0 Å². The highest BCUT2D eigenvalue weighted by Gasteiger charge is 2.22. The molecule has 24 heavy (non-hydrogen) atoms. The molecule has 0 aromatic heterocycles. The Hall–Kier alpha value is -2.69. The maximum absolute atomic E-state index is 13.4. The van der Waals surface area contributed by atoms with E-state index in [9.17, 15) is 13.6 Å². The van der Waals surface area contributed by atoms with E-state index in [1.54, 1.807) is 24.3 Å².